The molecule has 0 saturated carbocycles. The molecule has 0 aliphatic carbocycles. The van der Waals surface area contributed by atoms with Crippen LogP contribution in [-0.4, -0.2) is 35.7 Å². The summed E-state index contributed by atoms with van der Waals surface area (Å²) in [5.41, 5.74) is 0. The van der Waals surface area contributed by atoms with E-state index >= 15 is 0 Å². The third-order valence-electron chi connectivity index (χ3n) is 1.92. The van der Waals surface area contributed by atoms with Gasteiger partial charge in [0.05, 0.1) is 6.10 Å². The Balaban J connectivity index is 2.17. The van der Waals surface area contributed by atoms with Crippen molar-refractivity contribution in [3.63, 3.8) is 0 Å². The number of β-amino-alcohol motifs (C(OH)–C–C–N with tert-alkyl or cyclic N) is 1. The summed E-state index contributed by atoms with van der Waals surface area (Å²) in [6.07, 6.45) is 3.82. The van der Waals surface area contributed by atoms with Crippen molar-refractivity contribution in [2.75, 3.05) is 19.6 Å². The first-order valence-corrected chi connectivity index (χ1v) is 3.86. The summed E-state index contributed by atoms with van der Waals surface area (Å²) in [4.78, 5) is 2.27. The number of aliphatic hydroxyl groups excluding tert-OH is 1. The lowest BCUT2D eigenvalue weighted by Crippen LogP contribution is -2.28. The fourth-order valence-corrected chi connectivity index (χ4v) is 1.30. The van der Waals surface area contributed by atoms with Crippen LogP contribution in [0, 0.1) is 0 Å². The molecule has 2 nitrogen and oxygen atoms in total. The van der Waals surface area contributed by atoms with E-state index in [0.29, 0.717) is 0 Å². The minimum absolute atomic E-state index is 0.335. The summed E-state index contributed by atoms with van der Waals surface area (Å²) in [6, 6.07) is 0. The second-order valence-electron chi connectivity index (χ2n) is 2.81. The van der Waals surface area contributed by atoms with Gasteiger partial charge in [-0.15, -0.1) is 6.58 Å². The predicted octanol–water partition coefficient (Wildman–Crippen LogP) is 0.629. The van der Waals surface area contributed by atoms with E-state index in [1.54, 1.807) is 6.08 Å². The van der Waals surface area contributed by atoms with Crippen LogP contribution in [0.1, 0.15) is 12.8 Å². The number of hydrogen-bond acceptors (Lipinski definition) is 2. The SMILES string of the molecule is C=CC(O)CN1CCCC1. The van der Waals surface area contributed by atoms with E-state index in [0.717, 1.165) is 19.6 Å². The van der Waals surface area contributed by atoms with E-state index < -0.39 is 0 Å². The lowest BCUT2D eigenvalue weighted by molar-refractivity contribution is 0.164. The van der Waals surface area contributed by atoms with E-state index in [2.05, 4.69) is 11.5 Å². The monoisotopic (exact) mass is 141 g/mol. The largest absolute Gasteiger partial charge is 0.388 e. The van der Waals surface area contributed by atoms with Crippen LogP contribution < -0.4 is 0 Å². The second kappa shape index (κ2) is 3.74. The van der Waals surface area contributed by atoms with Crippen molar-refractivity contribution in [1.82, 2.24) is 4.90 Å². The fraction of sp³-hybridized carbons (Fsp3) is 0.750. The maximum absolute atomic E-state index is 9.16. The Bertz CT molecular complexity index is 108. The molecule has 1 fully saturated rings. The topological polar surface area (TPSA) is 23.5 Å². The lowest BCUT2D eigenvalue weighted by Gasteiger charge is -2.16. The molecular formula is C8H15NO. The highest BCUT2D eigenvalue weighted by Crippen LogP contribution is 2.07. The molecule has 1 aliphatic rings. The predicted molar refractivity (Wildman–Crippen MR) is 41.9 cm³/mol. The Hall–Kier alpha value is -0.340. The van der Waals surface area contributed by atoms with Gasteiger partial charge in [0.2, 0.25) is 0 Å². The highest BCUT2D eigenvalue weighted by Gasteiger charge is 2.13. The van der Waals surface area contributed by atoms with Gasteiger partial charge in [-0.05, 0) is 25.9 Å². The van der Waals surface area contributed by atoms with Gasteiger partial charge in [0.1, 0.15) is 0 Å². The van der Waals surface area contributed by atoms with Gasteiger partial charge in [-0.2, -0.15) is 0 Å². The quantitative estimate of drug-likeness (QED) is 0.583. The van der Waals surface area contributed by atoms with Gasteiger partial charge in [-0.3, -0.25) is 0 Å². The Labute approximate surface area is 62.2 Å². The molecule has 0 aromatic heterocycles. The average Bonchev–Trinajstić information content (AvgIpc) is 2.40. The van der Waals surface area contributed by atoms with Crippen LogP contribution >= 0.6 is 0 Å². The minimum atomic E-state index is -0.335. The first-order valence-electron chi connectivity index (χ1n) is 3.86. The Kier molecular flexibility index (Phi) is 2.90. The zero-order valence-electron chi connectivity index (χ0n) is 6.29. The third kappa shape index (κ3) is 2.12. The van der Waals surface area contributed by atoms with E-state index in [9.17, 15) is 0 Å². The van der Waals surface area contributed by atoms with Crippen molar-refractivity contribution in [2.24, 2.45) is 0 Å². The van der Waals surface area contributed by atoms with Crippen LogP contribution in [0.15, 0.2) is 12.7 Å². The highest BCUT2D eigenvalue weighted by atomic mass is 16.3. The molecule has 0 spiro atoms. The molecular weight excluding hydrogens is 126 g/mol. The zero-order chi connectivity index (χ0) is 7.40. The van der Waals surface area contributed by atoms with Crippen LogP contribution in [0.4, 0.5) is 0 Å². The van der Waals surface area contributed by atoms with Crippen molar-refractivity contribution in [3.05, 3.63) is 12.7 Å². The van der Waals surface area contributed by atoms with Crippen LogP contribution in [0.5, 0.6) is 0 Å². The molecule has 10 heavy (non-hydrogen) atoms. The zero-order valence-corrected chi connectivity index (χ0v) is 6.29. The van der Waals surface area contributed by atoms with Crippen molar-refractivity contribution in [3.8, 4) is 0 Å². The maximum atomic E-state index is 9.16. The van der Waals surface area contributed by atoms with Gasteiger partial charge in [-0.25, -0.2) is 0 Å². The fourth-order valence-electron chi connectivity index (χ4n) is 1.30. The molecule has 1 aliphatic heterocycles. The molecule has 1 atom stereocenters. The number of hydrogen-bond donors (Lipinski definition) is 1. The summed E-state index contributed by atoms with van der Waals surface area (Å²) in [5.74, 6) is 0. The number of likely N-dealkylation sites (tertiary alicyclic amines) is 1. The lowest BCUT2D eigenvalue weighted by atomic mass is 10.3. The maximum Gasteiger partial charge on any atom is 0.0845 e. The van der Waals surface area contributed by atoms with Gasteiger partial charge < -0.3 is 10.0 Å². The standard InChI is InChI=1S/C8H15NO/c1-2-8(10)7-9-5-3-4-6-9/h2,8,10H,1,3-7H2. The summed E-state index contributed by atoms with van der Waals surface area (Å²) in [6.45, 7) is 6.58. The highest BCUT2D eigenvalue weighted by molar-refractivity contribution is 4.82. The molecule has 1 saturated heterocycles. The molecule has 0 radical (unpaired) electrons. The Morgan fingerprint density at radius 3 is 2.60 bits per heavy atom. The minimum Gasteiger partial charge on any atom is -0.388 e. The van der Waals surface area contributed by atoms with Crippen LogP contribution in [-0.2, 0) is 0 Å². The molecule has 1 rings (SSSR count). The average molecular weight is 141 g/mol. The van der Waals surface area contributed by atoms with E-state index in [-0.39, 0.29) is 6.10 Å². The Morgan fingerprint density at radius 2 is 2.10 bits per heavy atom. The number of rotatable bonds is 3. The van der Waals surface area contributed by atoms with Gasteiger partial charge in [-0.1, -0.05) is 6.08 Å². The molecule has 0 bridgehead atoms. The third-order valence-corrected chi connectivity index (χ3v) is 1.92. The van der Waals surface area contributed by atoms with Crippen LogP contribution in [0.2, 0.25) is 0 Å². The molecule has 0 aromatic rings. The summed E-state index contributed by atoms with van der Waals surface area (Å²) >= 11 is 0. The molecule has 1 unspecified atom stereocenters. The van der Waals surface area contributed by atoms with E-state index in [1.165, 1.54) is 12.8 Å². The van der Waals surface area contributed by atoms with Gasteiger partial charge >= 0.3 is 0 Å². The van der Waals surface area contributed by atoms with Gasteiger partial charge in [0.25, 0.3) is 0 Å². The first kappa shape index (κ1) is 7.76. The van der Waals surface area contributed by atoms with Crippen molar-refractivity contribution < 1.29 is 5.11 Å². The molecule has 2 heteroatoms. The number of aliphatic hydroxyl groups is 1. The van der Waals surface area contributed by atoms with Crippen molar-refractivity contribution in [2.45, 2.75) is 18.9 Å². The van der Waals surface area contributed by atoms with Crippen molar-refractivity contribution in [1.29, 1.82) is 0 Å². The van der Waals surface area contributed by atoms with E-state index in [1.807, 2.05) is 0 Å². The summed E-state index contributed by atoms with van der Waals surface area (Å²) in [7, 11) is 0. The molecule has 1 heterocycles. The summed E-state index contributed by atoms with van der Waals surface area (Å²) in [5, 5.41) is 9.16. The molecule has 58 valence electrons. The van der Waals surface area contributed by atoms with Gasteiger partial charge in [0, 0.05) is 6.54 Å². The summed E-state index contributed by atoms with van der Waals surface area (Å²) < 4.78 is 0. The van der Waals surface area contributed by atoms with Gasteiger partial charge in [0.15, 0.2) is 0 Å². The van der Waals surface area contributed by atoms with Crippen LogP contribution in [0.3, 0.4) is 0 Å². The smallest absolute Gasteiger partial charge is 0.0845 e. The van der Waals surface area contributed by atoms with Crippen LogP contribution in [0.25, 0.3) is 0 Å². The molecule has 0 amide bonds. The molecule has 1 N–H and O–H groups in total. The first-order chi connectivity index (χ1) is 4.83. The normalized spacial score (nSPS) is 22.9. The Morgan fingerprint density at radius 1 is 1.50 bits per heavy atom. The second-order valence-corrected chi connectivity index (χ2v) is 2.81. The van der Waals surface area contributed by atoms with Crippen molar-refractivity contribution >= 4 is 0 Å². The number of nitrogens with zero attached hydrogens (tertiary/aromatic N) is 1. The van der Waals surface area contributed by atoms with E-state index in [4.69, 9.17) is 5.11 Å². The molecule has 0 aromatic carbocycles.